The van der Waals surface area contributed by atoms with E-state index in [1.54, 1.807) is 11.8 Å². The van der Waals surface area contributed by atoms with Crippen LogP contribution in [0.2, 0.25) is 0 Å². The lowest BCUT2D eigenvalue weighted by molar-refractivity contribution is -0.113. The summed E-state index contributed by atoms with van der Waals surface area (Å²) >= 11 is 1.55. The molecule has 0 aromatic heterocycles. The molecule has 0 atom stereocenters. The molecule has 0 saturated heterocycles. The maximum atomic E-state index is 12.1. The molecule has 0 saturated carbocycles. The molecule has 4 nitrogen and oxygen atoms in total. The second kappa shape index (κ2) is 8.72. The van der Waals surface area contributed by atoms with E-state index in [2.05, 4.69) is 10.6 Å². The quantitative estimate of drug-likeness (QED) is 0.820. The highest BCUT2D eigenvalue weighted by atomic mass is 32.2. The molecule has 0 heterocycles. The Hall–Kier alpha value is -2.27. The summed E-state index contributed by atoms with van der Waals surface area (Å²) in [5.41, 5.74) is 2.29. The van der Waals surface area contributed by atoms with Gasteiger partial charge in [0.2, 0.25) is 5.91 Å². The molecule has 25 heavy (non-hydrogen) atoms. The summed E-state index contributed by atoms with van der Waals surface area (Å²) in [6, 6.07) is 16.9. The molecule has 0 radical (unpaired) electrons. The predicted octanol–water partition coefficient (Wildman–Crippen LogP) is 4.09. The van der Waals surface area contributed by atoms with E-state index >= 15 is 0 Å². The van der Waals surface area contributed by atoms with Crippen LogP contribution in [0.15, 0.2) is 54.6 Å². The third-order valence-corrected chi connectivity index (χ3v) is 4.27. The van der Waals surface area contributed by atoms with Crippen LogP contribution in [0.5, 0.6) is 0 Å². The molecule has 2 aromatic rings. The first-order valence-electron chi connectivity index (χ1n) is 8.17. The van der Waals surface area contributed by atoms with E-state index < -0.39 is 0 Å². The Morgan fingerprint density at radius 3 is 2.20 bits per heavy atom. The van der Waals surface area contributed by atoms with Crippen LogP contribution in [0.25, 0.3) is 0 Å². The van der Waals surface area contributed by atoms with E-state index in [0.29, 0.717) is 11.3 Å². The van der Waals surface area contributed by atoms with Gasteiger partial charge in [0.15, 0.2) is 0 Å². The van der Waals surface area contributed by atoms with Gasteiger partial charge < -0.3 is 10.6 Å². The number of para-hydroxylation sites is 1. The number of carbonyl (C=O) groups excluding carboxylic acids is 2. The van der Waals surface area contributed by atoms with Crippen LogP contribution in [-0.2, 0) is 10.5 Å². The molecule has 0 fully saturated rings. The maximum absolute atomic E-state index is 12.1. The summed E-state index contributed by atoms with van der Waals surface area (Å²) in [4.78, 5) is 24.0. The van der Waals surface area contributed by atoms with Crippen LogP contribution in [0.3, 0.4) is 0 Å². The minimum atomic E-state index is -0.252. The first kappa shape index (κ1) is 19.1. The van der Waals surface area contributed by atoms with Crippen molar-refractivity contribution in [1.82, 2.24) is 5.32 Å². The average molecular weight is 356 g/mol. The van der Waals surface area contributed by atoms with Gasteiger partial charge in [-0.1, -0.05) is 30.3 Å². The van der Waals surface area contributed by atoms with Gasteiger partial charge in [0.05, 0.1) is 5.75 Å². The van der Waals surface area contributed by atoms with Crippen molar-refractivity contribution in [3.05, 3.63) is 65.7 Å². The third kappa shape index (κ3) is 7.01. The Kier molecular flexibility index (Phi) is 6.65. The minimum Gasteiger partial charge on any atom is -0.347 e. The van der Waals surface area contributed by atoms with Crippen molar-refractivity contribution in [2.45, 2.75) is 32.1 Å². The van der Waals surface area contributed by atoms with Crippen LogP contribution in [0.4, 0.5) is 5.69 Å². The van der Waals surface area contributed by atoms with Crippen LogP contribution in [-0.4, -0.2) is 23.1 Å². The molecule has 0 spiro atoms. The summed E-state index contributed by atoms with van der Waals surface area (Å²) in [6.45, 7) is 5.86. The highest BCUT2D eigenvalue weighted by molar-refractivity contribution is 7.99. The van der Waals surface area contributed by atoms with Gasteiger partial charge >= 0.3 is 0 Å². The largest absolute Gasteiger partial charge is 0.347 e. The number of rotatable bonds is 6. The molecule has 2 amide bonds. The van der Waals surface area contributed by atoms with Crippen LogP contribution in [0.1, 0.15) is 36.7 Å². The zero-order chi connectivity index (χ0) is 18.3. The zero-order valence-corrected chi connectivity index (χ0v) is 15.7. The molecule has 2 aromatic carbocycles. The fourth-order valence-corrected chi connectivity index (χ4v) is 2.93. The summed E-state index contributed by atoms with van der Waals surface area (Å²) < 4.78 is 0. The summed E-state index contributed by atoms with van der Waals surface area (Å²) in [5.74, 6) is 1.02. The fraction of sp³-hybridized carbons (Fsp3) is 0.300. The van der Waals surface area contributed by atoms with Gasteiger partial charge in [0, 0.05) is 22.5 Å². The fourth-order valence-electron chi connectivity index (χ4n) is 2.15. The van der Waals surface area contributed by atoms with E-state index in [1.165, 1.54) is 0 Å². The maximum Gasteiger partial charge on any atom is 0.251 e. The Balaban J connectivity index is 1.78. The van der Waals surface area contributed by atoms with Crippen molar-refractivity contribution in [3.8, 4) is 0 Å². The lowest BCUT2D eigenvalue weighted by Gasteiger charge is -2.20. The lowest BCUT2D eigenvalue weighted by Crippen LogP contribution is -2.40. The number of benzene rings is 2. The Labute approximate surface area is 153 Å². The van der Waals surface area contributed by atoms with Crippen molar-refractivity contribution in [2.24, 2.45) is 0 Å². The molecule has 0 unspecified atom stereocenters. The standard InChI is InChI=1S/C20H24N2O2S/c1-20(2,3)22-19(24)16-11-9-15(10-12-16)13-25-14-18(23)21-17-7-5-4-6-8-17/h4-12H,13-14H2,1-3H3,(H,21,23)(H,22,24). The molecule has 0 aliphatic rings. The van der Waals surface area contributed by atoms with Crippen LogP contribution < -0.4 is 10.6 Å². The van der Waals surface area contributed by atoms with E-state index in [-0.39, 0.29) is 17.4 Å². The second-order valence-electron chi connectivity index (χ2n) is 6.81. The highest BCUT2D eigenvalue weighted by Gasteiger charge is 2.15. The van der Waals surface area contributed by atoms with Gasteiger partial charge in [-0.15, -0.1) is 11.8 Å². The normalized spacial score (nSPS) is 11.0. The Morgan fingerprint density at radius 2 is 1.60 bits per heavy atom. The molecule has 0 bridgehead atoms. The second-order valence-corrected chi connectivity index (χ2v) is 7.79. The monoisotopic (exact) mass is 356 g/mol. The number of hydrogen-bond donors (Lipinski definition) is 2. The first-order chi connectivity index (χ1) is 11.8. The van der Waals surface area contributed by atoms with Gasteiger partial charge in [0.25, 0.3) is 5.91 Å². The zero-order valence-electron chi connectivity index (χ0n) is 14.8. The first-order valence-corrected chi connectivity index (χ1v) is 9.33. The Bertz CT molecular complexity index is 707. The average Bonchev–Trinajstić information content (AvgIpc) is 2.55. The highest BCUT2D eigenvalue weighted by Crippen LogP contribution is 2.15. The summed E-state index contributed by atoms with van der Waals surface area (Å²) in [7, 11) is 0. The SMILES string of the molecule is CC(C)(C)NC(=O)c1ccc(CSCC(=O)Nc2ccccc2)cc1. The van der Waals surface area contributed by atoms with E-state index in [1.807, 2.05) is 75.4 Å². The number of hydrogen-bond acceptors (Lipinski definition) is 3. The van der Waals surface area contributed by atoms with E-state index in [0.717, 1.165) is 17.0 Å². The van der Waals surface area contributed by atoms with Crippen molar-refractivity contribution < 1.29 is 9.59 Å². The predicted molar refractivity (Wildman–Crippen MR) is 105 cm³/mol. The number of anilines is 1. The third-order valence-electron chi connectivity index (χ3n) is 3.26. The van der Waals surface area contributed by atoms with E-state index in [4.69, 9.17) is 0 Å². The molecular formula is C20H24N2O2S. The van der Waals surface area contributed by atoms with Gasteiger partial charge in [-0.05, 0) is 50.6 Å². The Morgan fingerprint density at radius 1 is 0.960 bits per heavy atom. The minimum absolute atomic E-state index is 0.0163. The molecule has 2 rings (SSSR count). The van der Waals surface area contributed by atoms with Crippen molar-refractivity contribution >= 4 is 29.3 Å². The molecule has 2 N–H and O–H groups in total. The number of thioether (sulfide) groups is 1. The van der Waals surface area contributed by atoms with Crippen molar-refractivity contribution in [3.63, 3.8) is 0 Å². The van der Waals surface area contributed by atoms with Crippen LogP contribution >= 0.6 is 11.8 Å². The summed E-state index contributed by atoms with van der Waals surface area (Å²) in [6.07, 6.45) is 0. The smallest absolute Gasteiger partial charge is 0.251 e. The van der Waals surface area contributed by atoms with E-state index in [9.17, 15) is 9.59 Å². The van der Waals surface area contributed by atoms with Gasteiger partial charge in [-0.2, -0.15) is 0 Å². The molecule has 0 aliphatic heterocycles. The molecular weight excluding hydrogens is 332 g/mol. The van der Waals surface area contributed by atoms with Crippen molar-refractivity contribution in [2.75, 3.05) is 11.1 Å². The van der Waals surface area contributed by atoms with Crippen LogP contribution in [0, 0.1) is 0 Å². The van der Waals surface area contributed by atoms with Crippen molar-refractivity contribution in [1.29, 1.82) is 0 Å². The molecule has 0 aliphatic carbocycles. The number of carbonyl (C=O) groups is 2. The lowest BCUT2D eigenvalue weighted by atomic mass is 10.1. The number of nitrogens with one attached hydrogen (secondary N) is 2. The van der Waals surface area contributed by atoms with Gasteiger partial charge in [-0.3, -0.25) is 9.59 Å². The van der Waals surface area contributed by atoms with Gasteiger partial charge in [-0.25, -0.2) is 0 Å². The topological polar surface area (TPSA) is 58.2 Å². The number of amides is 2. The molecule has 5 heteroatoms. The molecule has 132 valence electrons. The van der Waals surface area contributed by atoms with Gasteiger partial charge in [0.1, 0.15) is 0 Å². The summed E-state index contributed by atoms with van der Waals surface area (Å²) in [5, 5.41) is 5.80.